The van der Waals surface area contributed by atoms with Crippen LogP contribution in [0.5, 0.6) is 5.75 Å². The minimum absolute atomic E-state index is 0.285. The number of unbranched alkanes of at least 4 members (excludes halogenated alkanes) is 1. The highest BCUT2D eigenvalue weighted by molar-refractivity contribution is 5.76. The summed E-state index contributed by atoms with van der Waals surface area (Å²) in [6.07, 6.45) is 2.08. The fourth-order valence-corrected chi connectivity index (χ4v) is 4.14. The van der Waals surface area contributed by atoms with Crippen molar-refractivity contribution in [3.63, 3.8) is 0 Å². The van der Waals surface area contributed by atoms with Crippen LogP contribution in [0.3, 0.4) is 0 Å². The van der Waals surface area contributed by atoms with Crippen molar-refractivity contribution in [2.24, 2.45) is 0 Å². The van der Waals surface area contributed by atoms with Gasteiger partial charge in [0.2, 0.25) is 0 Å². The second-order valence-corrected chi connectivity index (χ2v) is 8.24. The van der Waals surface area contributed by atoms with Crippen molar-refractivity contribution in [2.75, 3.05) is 32.9 Å². The van der Waals surface area contributed by atoms with Crippen molar-refractivity contribution in [2.45, 2.75) is 46.2 Å². The average Bonchev–Trinajstić information content (AvgIpc) is 3.14. The number of nitrogens with zero attached hydrogens (tertiary/aromatic N) is 3. The fraction of sp³-hybridized carbons (Fsp3) is 0.480. The van der Waals surface area contributed by atoms with Crippen LogP contribution in [0, 0.1) is 13.8 Å². The normalized spacial score (nSPS) is 16.1. The summed E-state index contributed by atoms with van der Waals surface area (Å²) in [5.74, 6) is 2.13. The number of fused-ring (bicyclic) bond motifs is 1. The highest BCUT2D eigenvalue weighted by Crippen LogP contribution is 2.26. The lowest BCUT2D eigenvalue weighted by molar-refractivity contribution is 0.0176. The van der Waals surface area contributed by atoms with E-state index >= 15 is 0 Å². The van der Waals surface area contributed by atoms with Gasteiger partial charge < -0.3 is 14.0 Å². The van der Waals surface area contributed by atoms with E-state index in [1.165, 1.54) is 16.6 Å². The molecule has 1 unspecified atom stereocenters. The van der Waals surface area contributed by atoms with E-state index < -0.39 is 0 Å². The second-order valence-electron chi connectivity index (χ2n) is 8.24. The molecule has 0 aliphatic carbocycles. The Labute approximate surface area is 179 Å². The van der Waals surface area contributed by atoms with Gasteiger partial charge in [0, 0.05) is 19.6 Å². The summed E-state index contributed by atoms with van der Waals surface area (Å²) in [4.78, 5) is 7.48. The van der Waals surface area contributed by atoms with Gasteiger partial charge >= 0.3 is 0 Å². The van der Waals surface area contributed by atoms with Gasteiger partial charge in [-0.15, -0.1) is 0 Å². The molecular formula is C25H33N3O2. The molecule has 1 saturated heterocycles. The lowest BCUT2D eigenvalue weighted by atomic mass is 10.1. The van der Waals surface area contributed by atoms with Crippen LogP contribution >= 0.6 is 0 Å². The molecule has 4 rings (SSSR count). The molecule has 0 radical (unpaired) electrons. The molecule has 1 fully saturated rings. The zero-order valence-electron chi connectivity index (χ0n) is 18.4. The van der Waals surface area contributed by atoms with Gasteiger partial charge in [-0.2, -0.15) is 0 Å². The van der Waals surface area contributed by atoms with Crippen LogP contribution in [-0.2, 0) is 11.3 Å². The smallest absolute Gasteiger partial charge is 0.127 e. The molecule has 2 heterocycles. The highest BCUT2D eigenvalue weighted by Gasteiger charge is 2.23. The minimum atomic E-state index is 0.285. The SMILES string of the molecule is Cc1ccc(OCCCCn2c(C(C)N3CCOCC3)nc3ccccc32)cc1C. The van der Waals surface area contributed by atoms with Crippen molar-refractivity contribution < 1.29 is 9.47 Å². The Balaban J connectivity index is 1.40. The quantitative estimate of drug-likeness (QED) is 0.498. The molecule has 1 aromatic heterocycles. The molecule has 30 heavy (non-hydrogen) atoms. The maximum absolute atomic E-state index is 5.97. The minimum Gasteiger partial charge on any atom is -0.494 e. The first-order chi connectivity index (χ1) is 14.6. The van der Waals surface area contributed by atoms with E-state index in [4.69, 9.17) is 14.5 Å². The Kier molecular flexibility index (Phi) is 6.70. The number of aryl methyl sites for hydroxylation is 3. The molecule has 0 amide bonds. The van der Waals surface area contributed by atoms with Gasteiger partial charge in [-0.1, -0.05) is 18.2 Å². The Morgan fingerprint density at radius 3 is 2.63 bits per heavy atom. The number of benzene rings is 2. The van der Waals surface area contributed by atoms with Crippen molar-refractivity contribution in [1.29, 1.82) is 0 Å². The lowest BCUT2D eigenvalue weighted by Crippen LogP contribution is -2.39. The van der Waals surface area contributed by atoms with E-state index in [2.05, 4.69) is 72.7 Å². The Bertz CT molecular complexity index is 976. The summed E-state index contributed by atoms with van der Waals surface area (Å²) in [6, 6.07) is 15.1. The number of rotatable bonds is 8. The molecule has 0 N–H and O–H groups in total. The van der Waals surface area contributed by atoms with E-state index in [1.54, 1.807) is 0 Å². The van der Waals surface area contributed by atoms with Crippen LogP contribution in [0.25, 0.3) is 11.0 Å². The molecule has 3 aromatic rings. The van der Waals surface area contributed by atoms with E-state index in [1.807, 2.05) is 0 Å². The van der Waals surface area contributed by atoms with Gasteiger partial charge in [0.15, 0.2) is 0 Å². The van der Waals surface area contributed by atoms with Crippen LogP contribution in [0.1, 0.15) is 42.8 Å². The molecule has 5 nitrogen and oxygen atoms in total. The molecule has 1 aliphatic heterocycles. The second kappa shape index (κ2) is 9.63. The Hall–Kier alpha value is -2.37. The number of ether oxygens (including phenoxy) is 2. The molecule has 1 atom stereocenters. The van der Waals surface area contributed by atoms with Crippen molar-refractivity contribution >= 4 is 11.0 Å². The summed E-state index contributed by atoms with van der Waals surface area (Å²) in [5, 5.41) is 0. The standard InChI is InChI=1S/C25H33N3O2/c1-19-10-11-22(18-20(19)2)30-15-7-6-12-28-24-9-5-4-8-23(24)26-25(28)21(3)27-13-16-29-17-14-27/h4-5,8-11,18,21H,6-7,12-17H2,1-3H3. The van der Waals surface area contributed by atoms with Gasteiger partial charge in [-0.3, -0.25) is 4.90 Å². The summed E-state index contributed by atoms with van der Waals surface area (Å²) in [5.41, 5.74) is 4.89. The molecule has 0 saturated carbocycles. The van der Waals surface area contributed by atoms with Crippen LogP contribution in [0.15, 0.2) is 42.5 Å². The van der Waals surface area contributed by atoms with Crippen molar-refractivity contribution in [3.05, 3.63) is 59.4 Å². The van der Waals surface area contributed by atoms with Crippen molar-refractivity contribution in [3.8, 4) is 5.75 Å². The third kappa shape index (κ3) is 4.68. The first-order valence-electron chi connectivity index (χ1n) is 11.1. The molecule has 0 spiro atoms. The molecule has 5 heteroatoms. The number of hydrogen-bond donors (Lipinski definition) is 0. The predicted octanol–water partition coefficient (Wildman–Crippen LogP) is 4.91. The van der Waals surface area contributed by atoms with Gasteiger partial charge in [0.05, 0.1) is 36.9 Å². The maximum atomic E-state index is 5.97. The van der Waals surface area contributed by atoms with Crippen LogP contribution in [0.4, 0.5) is 0 Å². The van der Waals surface area contributed by atoms with Crippen molar-refractivity contribution in [1.82, 2.24) is 14.5 Å². The molecule has 0 bridgehead atoms. The average molecular weight is 408 g/mol. The van der Waals surface area contributed by atoms with Crippen LogP contribution < -0.4 is 4.74 Å². The maximum Gasteiger partial charge on any atom is 0.127 e. The summed E-state index contributed by atoms with van der Waals surface area (Å²) in [7, 11) is 0. The van der Waals surface area contributed by atoms with Gasteiger partial charge in [-0.25, -0.2) is 4.98 Å². The predicted molar refractivity (Wildman–Crippen MR) is 121 cm³/mol. The summed E-state index contributed by atoms with van der Waals surface area (Å²) < 4.78 is 13.9. The third-order valence-electron chi connectivity index (χ3n) is 6.17. The molecule has 2 aromatic carbocycles. The zero-order chi connectivity index (χ0) is 20.9. The summed E-state index contributed by atoms with van der Waals surface area (Å²) >= 11 is 0. The van der Waals surface area contributed by atoms with E-state index in [0.29, 0.717) is 0 Å². The third-order valence-corrected chi connectivity index (χ3v) is 6.17. The zero-order valence-corrected chi connectivity index (χ0v) is 18.4. The van der Waals surface area contributed by atoms with Gasteiger partial charge in [0.25, 0.3) is 0 Å². The molecule has 1 aliphatic rings. The highest BCUT2D eigenvalue weighted by atomic mass is 16.5. The molecular weight excluding hydrogens is 374 g/mol. The van der Waals surface area contributed by atoms with E-state index in [0.717, 1.165) is 69.4 Å². The number of hydrogen-bond acceptors (Lipinski definition) is 4. The van der Waals surface area contributed by atoms with E-state index in [-0.39, 0.29) is 6.04 Å². The molecule has 160 valence electrons. The van der Waals surface area contributed by atoms with Gasteiger partial charge in [-0.05, 0) is 69.0 Å². The number of aromatic nitrogens is 2. The van der Waals surface area contributed by atoms with Crippen LogP contribution in [0.2, 0.25) is 0 Å². The largest absolute Gasteiger partial charge is 0.494 e. The number of morpholine rings is 1. The Morgan fingerprint density at radius 1 is 1.03 bits per heavy atom. The number of imidazole rings is 1. The van der Waals surface area contributed by atoms with E-state index in [9.17, 15) is 0 Å². The first-order valence-corrected chi connectivity index (χ1v) is 11.1. The topological polar surface area (TPSA) is 39.5 Å². The fourth-order valence-electron chi connectivity index (χ4n) is 4.14. The number of para-hydroxylation sites is 2. The van der Waals surface area contributed by atoms with Crippen LogP contribution in [-0.4, -0.2) is 47.4 Å². The Morgan fingerprint density at radius 2 is 1.83 bits per heavy atom. The lowest BCUT2D eigenvalue weighted by Gasteiger charge is -2.32. The summed E-state index contributed by atoms with van der Waals surface area (Å²) in [6.45, 7) is 11.8. The first kappa shape index (κ1) is 20.9. The monoisotopic (exact) mass is 407 g/mol. The van der Waals surface area contributed by atoms with Gasteiger partial charge in [0.1, 0.15) is 11.6 Å².